The zero-order valence-electron chi connectivity index (χ0n) is 25.5. The molecule has 0 spiro atoms. The number of benzene rings is 1. The van der Waals surface area contributed by atoms with E-state index >= 15 is 0 Å². The first-order valence-corrected chi connectivity index (χ1v) is 15.0. The summed E-state index contributed by atoms with van der Waals surface area (Å²) in [4.78, 5) is 33.8. The number of rotatable bonds is 30. The second-order valence-corrected chi connectivity index (χ2v) is 9.27. The highest BCUT2D eigenvalue weighted by molar-refractivity contribution is 5.89. The van der Waals surface area contributed by atoms with Gasteiger partial charge in [-0.15, -0.1) is 0 Å². The summed E-state index contributed by atoms with van der Waals surface area (Å²) < 4.78 is 37.8. The molecule has 0 bridgehead atoms. The maximum absolute atomic E-state index is 12.1. The van der Waals surface area contributed by atoms with E-state index in [2.05, 4.69) is 17.6 Å². The maximum atomic E-state index is 12.1. The van der Waals surface area contributed by atoms with Crippen LogP contribution in [-0.4, -0.2) is 122 Å². The number of carboxylic acid groups (broad SMARTS) is 1. The van der Waals surface area contributed by atoms with E-state index in [4.69, 9.17) is 38.3 Å². The second kappa shape index (κ2) is 28.0. The Labute approximate surface area is 254 Å². The first kappa shape index (κ1) is 38.2. The van der Waals surface area contributed by atoms with Crippen LogP contribution in [0.5, 0.6) is 0 Å². The van der Waals surface area contributed by atoms with Crippen LogP contribution in [0.15, 0.2) is 24.3 Å². The van der Waals surface area contributed by atoms with Crippen LogP contribution in [0.4, 0.5) is 5.69 Å². The van der Waals surface area contributed by atoms with Crippen LogP contribution < -0.4 is 10.6 Å². The molecule has 0 heterocycles. The third-order valence-corrected chi connectivity index (χ3v) is 5.65. The minimum absolute atomic E-state index is 0.0129. The van der Waals surface area contributed by atoms with Crippen molar-refractivity contribution in [3.05, 3.63) is 29.8 Å². The van der Waals surface area contributed by atoms with Crippen LogP contribution in [0, 0.1) is 0 Å². The predicted octanol–water partition coefficient (Wildman–Crippen LogP) is 2.53. The zero-order chi connectivity index (χ0) is 31.2. The summed E-state index contributed by atoms with van der Waals surface area (Å²) in [5.74, 6) is -1.63. The van der Waals surface area contributed by atoms with Gasteiger partial charge in [-0.25, -0.2) is 4.79 Å². The number of carbonyl (C=O) groups is 3. The molecule has 1 amide bonds. The third kappa shape index (κ3) is 24.3. The highest BCUT2D eigenvalue weighted by Crippen LogP contribution is 2.10. The molecule has 1 aromatic rings. The van der Waals surface area contributed by atoms with Gasteiger partial charge < -0.3 is 48.9 Å². The van der Waals surface area contributed by atoms with Crippen LogP contribution in [0.2, 0.25) is 0 Å². The third-order valence-electron chi connectivity index (χ3n) is 5.65. The average Bonchev–Trinajstić information content (AvgIpc) is 3.00. The number of nitrogens with one attached hydrogen (secondary N) is 2. The summed E-state index contributed by atoms with van der Waals surface area (Å²) in [5.41, 5.74) is 1.50. The largest absolute Gasteiger partial charge is 0.481 e. The SMILES string of the molecule is CCCCNc1ccc(C(=O)OCCOCCOCCOCCOCCOCCOCCCNC(=O)CCC(=O)O)cc1. The molecule has 246 valence electrons. The number of esters is 1. The molecule has 3 N–H and O–H groups in total. The van der Waals surface area contributed by atoms with Crippen molar-refractivity contribution in [3.8, 4) is 0 Å². The Balaban J connectivity index is 1.76. The van der Waals surface area contributed by atoms with Gasteiger partial charge in [-0.05, 0) is 37.1 Å². The maximum Gasteiger partial charge on any atom is 0.338 e. The molecule has 43 heavy (non-hydrogen) atoms. The molecule has 13 heteroatoms. The lowest BCUT2D eigenvalue weighted by atomic mass is 10.2. The topological polar surface area (TPSA) is 160 Å². The van der Waals surface area contributed by atoms with Crippen LogP contribution >= 0.6 is 0 Å². The normalized spacial score (nSPS) is 10.9. The lowest BCUT2D eigenvalue weighted by Gasteiger charge is -2.09. The van der Waals surface area contributed by atoms with Gasteiger partial charge in [-0.1, -0.05) is 13.3 Å². The minimum atomic E-state index is -0.985. The molecule has 1 aromatic carbocycles. The van der Waals surface area contributed by atoms with Crippen molar-refractivity contribution in [1.82, 2.24) is 5.32 Å². The monoisotopic (exact) mass is 614 g/mol. The summed E-state index contributed by atoms with van der Waals surface area (Å²) in [7, 11) is 0. The number of amides is 1. The van der Waals surface area contributed by atoms with Gasteiger partial charge in [0.2, 0.25) is 5.91 Å². The van der Waals surface area contributed by atoms with E-state index in [1.165, 1.54) is 0 Å². The molecular weight excluding hydrogens is 564 g/mol. The second-order valence-electron chi connectivity index (χ2n) is 9.27. The van der Waals surface area contributed by atoms with E-state index in [1.807, 2.05) is 12.1 Å². The summed E-state index contributed by atoms with van der Waals surface area (Å²) >= 11 is 0. The Hall–Kier alpha value is -2.81. The molecule has 0 fully saturated rings. The number of hydrogen-bond donors (Lipinski definition) is 3. The molecule has 0 atom stereocenters. The van der Waals surface area contributed by atoms with E-state index in [-0.39, 0.29) is 31.3 Å². The molecule has 0 aliphatic rings. The molecule has 0 saturated heterocycles. The van der Waals surface area contributed by atoms with Crippen molar-refractivity contribution >= 4 is 23.5 Å². The molecule has 0 unspecified atom stereocenters. The highest BCUT2D eigenvalue weighted by Gasteiger charge is 2.07. The van der Waals surface area contributed by atoms with Crippen molar-refractivity contribution in [2.75, 3.05) is 104 Å². The first-order chi connectivity index (χ1) is 21.0. The number of unbranched alkanes of at least 4 members (excludes halogenated alkanes) is 1. The fourth-order valence-corrected chi connectivity index (χ4v) is 3.32. The first-order valence-electron chi connectivity index (χ1n) is 15.0. The zero-order valence-corrected chi connectivity index (χ0v) is 25.5. The van der Waals surface area contributed by atoms with E-state index in [0.29, 0.717) is 97.8 Å². The number of anilines is 1. The molecule has 0 aliphatic heterocycles. The van der Waals surface area contributed by atoms with Gasteiger partial charge in [0.25, 0.3) is 0 Å². The number of aliphatic carboxylic acids is 1. The Morgan fingerprint density at radius 2 is 1.12 bits per heavy atom. The summed E-state index contributed by atoms with van der Waals surface area (Å²) in [6.07, 6.45) is 2.70. The van der Waals surface area contributed by atoms with Crippen molar-refractivity contribution < 1.29 is 52.6 Å². The smallest absolute Gasteiger partial charge is 0.338 e. The predicted molar refractivity (Wildman–Crippen MR) is 160 cm³/mol. The Kier molecular flexibility index (Phi) is 24.9. The Morgan fingerprint density at radius 1 is 0.628 bits per heavy atom. The van der Waals surface area contributed by atoms with Gasteiger partial charge in [-0.3, -0.25) is 9.59 Å². The fraction of sp³-hybridized carbons (Fsp3) is 0.700. The quantitative estimate of drug-likeness (QED) is 0.0860. The van der Waals surface area contributed by atoms with Gasteiger partial charge in [-0.2, -0.15) is 0 Å². The summed E-state index contributed by atoms with van der Waals surface area (Å²) in [6, 6.07) is 7.25. The van der Waals surface area contributed by atoms with Crippen LogP contribution in [0.25, 0.3) is 0 Å². The lowest BCUT2D eigenvalue weighted by molar-refractivity contribution is -0.138. The van der Waals surface area contributed by atoms with E-state index in [1.54, 1.807) is 12.1 Å². The van der Waals surface area contributed by atoms with E-state index in [9.17, 15) is 14.4 Å². The van der Waals surface area contributed by atoms with Crippen molar-refractivity contribution in [2.45, 2.75) is 39.0 Å². The molecule has 0 saturated carbocycles. The standard InChI is InChI=1S/C30H50N2O11/c1-2-3-11-31-27-7-5-26(6-8-27)30(36)43-25-24-42-23-22-41-21-20-40-19-18-39-17-16-38-15-14-37-13-4-12-32-28(33)9-10-29(34)35/h5-8,31H,2-4,9-25H2,1H3,(H,32,33)(H,34,35). The number of carbonyl (C=O) groups excluding carboxylic acids is 2. The lowest BCUT2D eigenvalue weighted by Crippen LogP contribution is -2.25. The Morgan fingerprint density at radius 3 is 1.60 bits per heavy atom. The number of hydrogen-bond acceptors (Lipinski definition) is 11. The van der Waals surface area contributed by atoms with Gasteiger partial charge in [0, 0.05) is 31.8 Å². The Bertz CT molecular complexity index is 840. The number of carboxylic acids is 1. The molecule has 13 nitrogen and oxygen atoms in total. The van der Waals surface area contributed by atoms with Gasteiger partial charge in [0.05, 0.1) is 84.7 Å². The van der Waals surface area contributed by atoms with Crippen LogP contribution in [-0.2, 0) is 42.7 Å². The van der Waals surface area contributed by atoms with E-state index in [0.717, 1.165) is 25.1 Å². The van der Waals surface area contributed by atoms with E-state index < -0.39 is 5.97 Å². The highest BCUT2D eigenvalue weighted by atomic mass is 16.6. The molecule has 0 radical (unpaired) electrons. The van der Waals surface area contributed by atoms with Gasteiger partial charge >= 0.3 is 11.9 Å². The average molecular weight is 615 g/mol. The fourth-order valence-electron chi connectivity index (χ4n) is 3.32. The summed E-state index contributed by atoms with van der Waals surface area (Å²) in [6.45, 7) is 8.91. The van der Waals surface area contributed by atoms with Gasteiger partial charge in [0.15, 0.2) is 0 Å². The van der Waals surface area contributed by atoms with Crippen LogP contribution in [0.1, 0.15) is 49.4 Å². The van der Waals surface area contributed by atoms with Crippen molar-refractivity contribution in [2.24, 2.45) is 0 Å². The van der Waals surface area contributed by atoms with Crippen LogP contribution in [0.3, 0.4) is 0 Å². The van der Waals surface area contributed by atoms with Crippen molar-refractivity contribution in [1.29, 1.82) is 0 Å². The molecule has 0 aliphatic carbocycles. The minimum Gasteiger partial charge on any atom is -0.481 e. The van der Waals surface area contributed by atoms with Gasteiger partial charge in [0.1, 0.15) is 6.61 Å². The van der Waals surface area contributed by atoms with Crippen molar-refractivity contribution in [3.63, 3.8) is 0 Å². The summed E-state index contributed by atoms with van der Waals surface area (Å²) in [5, 5.41) is 14.5. The number of ether oxygens (including phenoxy) is 7. The molecule has 1 rings (SSSR count). The molecular formula is C30H50N2O11. The molecule has 0 aromatic heterocycles.